The van der Waals surface area contributed by atoms with Gasteiger partial charge in [-0.2, -0.15) is 0 Å². The number of ether oxygens (including phenoxy) is 2. The van der Waals surface area contributed by atoms with Crippen molar-refractivity contribution < 1.29 is 18.7 Å². The molecule has 5 nitrogen and oxygen atoms in total. The molecule has 1 aromatic heterocycles. The molecule has 0 saturated heterocycles. The van der Waals surface area contributed by atoms with Gasteiger partial charge in [0.1, 0.15) is 29.3 Å². The second kappa shape index (κ2) is 9.50. The Morgan fingerprint density at radius 3 is 2.53 bits per heavy atom. The van der Waals surface area contributed by atoms with Crippen molar-refractivity contribution >= 4 is 22.8 Å². The van der Waals surface area contributed by atoms with Crippen molar-refractivity contribution in [1.82, 2.24) is 0 Å². The highest BCUT2D eigenvalue weighted by atomic mass is 16.5. The smallest absolute Gasteiger partial charge is 0.336 e. The third kappa shape index (κ3) is 4.03. The summed E-state index contributed by atoms with van der Waals surface area (Å²) in [5.41, 5.74) is 1.91. The molecule has 0 bridgehead atoms. The Kier molecular flexibility index (Phi) is 7.01. The minimum atomic E-state index is -0.441. The summed E-state index contributed by atoms with van der Waals surface area (Å²) < 4.78 is 18.0. The van der Waals surface area contributed by atoms with Gasteiger partial charge in [-0.15, -0.1) is 0 Å². The van der Waals surface area contributed by atoms with Crippen LogP contribution in [0.15, 0.2) is 21.4 Å². The lowest BCUT2D eigenvalue weighted by molar-refractivity contribution is 0.0870. The maximum Gasteiger partial charge on any atom is 0.336 e. The predicted octanol–water partition coefficient (Wildman–Crippen LogP) is 6.09. The molecular formula is C25H32O5. The molecule has 2 aliphatic heterocycles. The predicted molar refractivity (Wildman–Crippen MR) is 120 cm³/mol. The number of aryl methyl sites for hydroxylation is 1. The van der Waals surface area contributed by atoms with Crippen LogP contribution in [0, 0.1) is 0 Å². The summed E-state index contributed by atoms with van der Waals surface area (Å²) in [6.07, 6.45) is 8.61. The largest absolute Gasteiger partial charge is 0.489 e. The van der Waals surface area contributed by atoms with E-state index in [0.29, 0.717) is 22.6 Å². The molecule has 2 unspecified atom stereocenters. The molecule has 0 saturated carbocycles. The molecule has 2 aromatic rings. The molecule has 2 aliphatic rings. The molecular weight excluding hydrogens is 380 g/mol. The van der Waals surface area contributed by atoms with Gasteiger partial charge < -0.3 is 13.9 Å². The first-order valence-corrected chi connectivity index (χ1v) is 11.2. The number of unbranched alkanes of at least 4 members (excludes halogenated alkanes) is 1. The zero-order valence-electron chi connectivity index (χ0n) is 18.7. The molecule has 0 amide bonds. The van der Waals surface area contributed by atoms with Gasteiger partial charge in [-0.3, -0.25) is 4.79 Å². The molecule has 162 valence electrons. The average molecular weight is 413 g/mol. The fraction of sp³-hybridized carbons (Fsp3) is 0.520. The number of benzene rings is 1. The average Bonchev–Trinajstić information content (AvgIpc) is 2.73. The Bertz CT molecular complexity index is 1010. The first kappa shape index (κ1) is 22.1. The third-order valence-electron chi connectivity index (χ3n) is 5.40. The van der Waals surface area contributed by atoms with Crippen molar-refractivity contribution in [2.24, 2.45) is 0 Å². The Morgan fingerprint density at radius 2 is 1.83 bits per heavy atom. The lowest BCUT2D eigenvalue weighted by atomic mass is 9.90. The molecule has 4 rings (SSSR count). The Labute approximate surface area is 178 Å². The van der Waals surface area contributed by atoms with Crippen LogP contribution in [0.3, 0.4) is 0 Å². The molecule has 0 spiro atoms. The van der Waals surface area contributed by atoms with Crippen LogP contribution in [0.1, 0.15) is 88.2 Å². The fourth-order valence-corrected chi connectivity index (χ4v) is 4.10. The summed E-state index contributed by atoms with van der Waals surface area (Å²) in [4.78, 5) is 25.2. The van der Waals surface area contributed by atoms with Crippen molar-refractivity contribution in [1.29, 1.82) is 0 Å². The van der Waals surface area contributed by atoms with E-state index in [9.17, 15) is 9.59 Å². The Morgan fingerprint density at radius 1 is 1.07 bits per heavy atom. The maximum absolute atomic E-state index is 12.9. The van der Waals surface area contributed by atoms with Gasteiger partial charge in [0.15, 0.2) is 11.4 Å². The van der Waals surface area contributed by atoms with Crippen molar-refractivity contribution in [3.05, 3.63) is 39.3 Å². The number of rotatable bonds is 5. The standard InChI is InChI=1S/C23H26O5.C2H6/c1-4-6-8-14-12-18(25)28-23-19(14)21-16(10-9-15(27-21)7-5-2)22-20(23)17(24)11-13(3)26-22;1-2/h9-10,12-13,15H,4-8,11H2,1-3H3;1-2H3. The van der Waals surface area contributed by atoms with E-state index in [4.69, 9.17) is 13.9 Å². The van der Waals surface area contributed by atoms with Crippen LogP contribution < -0.4 is 15.1 Å². The molecule has 0 N–H and O–H groups in total. The van der Waals surface area contributed by atoms with E-state index in [0.717, 1.165) is 48.6 Å². The Balaban J connectivity index is 0.00000124. The number of fused-ring (bicyclic) bond motifs is 6. The summed E-state index contributed by atoms with van der Waals surface area (Å²) in [5, 5.41) is 0.749. The molecule has 2 atom stereocenters. The monoisotopic (exact) mass is 412 g/mol. The Hall–Kier alpha value is -2.56. The highest BCUT2D eigenvalue weighted by Gasteiger charge is 2.35. The van der Waals surface area contributed by atoms with Crippen molar-refractivity contribution in [3.8, 4) is 11.5 Å². The van der Waals surface area contributed by atoms with Gasteiger partial charge >= 0.3 is 5.63 Å². The van der Waals surface area contributed by atoms with Gasteiger partial charge in [-0.05, 0) is 43.9 Å². The minimum Gasteiger partial charge on any atom is -0.489 e. The van der Waals surface area contributed by atoms with Crippen LogP contribution >= 0.6 is 0 Å². The molecule has 0 fully saturated rings. The molecule has 3 heterocycles. The molecule has 0 aliphatic carbocycles. The van der Waals surface area contributed by atoms with E-state index in [2.05, 4.69) is 13.8 Å². The van der Waals surface area contributed by atoms with Gasteiger partial charge in [0, 0.05) is 12.5 Å². The normalized spacial score (nSPS) is 19.3. The summed E-state index contributed by atoms with van der Waals surface area (Å²) in [7, 11) is 0. The van der Waals surface area contributed by atoms with Crippen LogP contribution in [0.25, 0.3) is 17.0 Å². The molecule has 0 radical (unpaired) electrons. The SMILES string of the molecule is CC.CCCCc1cc(=O)oc2c3c(c4c(c12)OC(CCC)C=C4)OC(C)CC3=O. The van der Waals surface area contributed by atoms with Gasteiger partial charge in [-0.25, -0.2) is 4.79 Å². The van der Waals surface area contributed by atoms with Crippen LogP contribution in [0.4, 0.5) is 0 Å². The summed E-state index contributed by atoms with van der Waals surface area (Å²) in [6.45, 7) is 10.1. The topological polar surface area (TPSA) is 65.7 Å². The quantitative estimate of drug-likeness (QED) is 0.556. The van der Waals surface area contributed by atoms with E-state index >= 15 is 0 Å². The summed E-state index contributed by atoms with van der Waals surface area (Å²) in [6, 6.07) is 1.54. The van der Waals surface area contributed by atoms with Gasteiger partial charge in [0.25, 0.3) is 0 Å². The van der Waals surface area contributed by atoms with Crippen molar-refractivity contribution in [3.63, 3.8) is 0 Å². The molecule has 30 heavy (non-hydrogen) atoms. The van der Waals surface area contributed by atoms with E-state index in [1.807, 2.05) is 32.9 Å². The van der Waals surface area contributed by atoms with Crippen LogP contribution in [-0.2, 0) is 6.42 Å². The highest BCUT2D eigenvalue weighted by Crippen LogP contribution is 2.47. The maximum atomic E-state index is 12.9. The number of hydrogen-bond acceptors (Lipinski definition) is 5. The highest BCUT2D eigenvalue weighted by molar-refractivity contribution is 6.13. The van der Waals surface area contributed by atoms with Gasteiger partial charge in [0.05, 0.1) is 10.9 Å². The second-order valence-corrected chi connectivity index (χ2v) is 7.71. The second-order valence-electron chi connectivity index (χ2n) is 7.71. The zero-order valence-corrected chi connectivity index (χ0v) is 18.7. The summed E-state index contributed by atoms with van der Waals surface area (Å²) >= 11 is 0. The number of hydrogen-bond donors (Lipinski definition) is 0. The summed E-state index contributed by atoms with van der Waals surface area (Å²) in [5.74, 6) is 1.10. The lowest BCUT2D eigenvalue weighted by Crippen LogP contribution is -2.27. The number of carbonyl (C=O) groups excluding carboxylic acids is 1. The van der Waals surface area contributed by atoms with Crippen LogP contribution in [0.5, 0.6) is 11.5 Å². The molecule has 1 aromatic carbocycles. The lowest BCUT2D eigenvalue weighted by Gasteiger charge is -2.30. The number of carbonyl (C=O) groups is 1. The minimum absolute atomic E-state index is 0.0404. The fourth-order valence-electron chi connectivity index (χ4n) is 4.10. The first-order valence-electron chi connectivity index (χ1n) is 11.2. The molecule has 5 heteroatoms. The van der Waals surface area contributed by atoms with Crippen LogP contribution in [0.2, 0.25) is 0 Å². The third-order valence-corrected chi connectivity index (χ3v) is 5.40. The number of Topliss-reactive ketones (excluding diaryl/α,β-unsaturated/α-hetero) is 1. The van der Waals surface area contributed by atoms with E-state index in [-0.39, 0.29) is 24.4 Å². The van der Waals surface area contributed by atoms with E-state index in [1.165, 1.54) is 6.07 Å². The van der Waals surface area contributed by atoms with Gasteiger partial charge in [0.2, 0.25) is 0 Å². The number of ketones is 1. The first-order chi connectivity index (χ1) is 14.5. The van der Waals surface area contributed by atoms with Crippen molar-refractivity contribution in [2.45, 2.75) is 85.4 Å². The van der Waals surface area contributed by atoms with E-state index < -0.39 is 5.63 Å². The van der Waals surface area contributed by atoms with Crippen LogP contribution in [-0.4, -0.2) is 18.0 Å². The zero-order chi connectivity index (χ0) is 21.8. The van der Waals surface area contributed by atoms with Crippen molar-refractivity contribution in [2.75, 3.05) is 0 Å². The van der Waals surface area contributed by atoms with Gasteiger partial charge in [-0.1, -0.05) is 40.5 Å². The van der Waals surface area contributed by atoms with E-state index in [1.54, 1.807) is 0 Å².